The highest BCUT2D eigenvalue weighted by molar-refractivity contribution is 6.01. The Morgan fingerprint density at radius 3 is 1.61 bits per heavy atom. The number of rotatable bonds is 18. The van der Waals surface area contributed by atoms with Crippen LogP contribution < -0.4 is 23.8 Å². The number of likely N-dealkylation sites (tertiary alicyclic amines) is 1. The van der Waals surface area contributed by atoms with E-state index < -0.39 is 53.0 Å². The van der Waals surface area contributed by atoms with Crippen LogP contribution in [0.5, 0.6) is 23.0 Å². The Balaban J connectivity index is 0.695. The third-order valence-corrected chi connectivity index (χ3v) is 14.8. The molecule has 4 aliphatic rings. The van der Waals surface area contributed by atoms with Gasteiger partial charge in [0.2, 0.25) is 11.4 Å². The van der Waals surface area contributed by atoms with Crippen LogP contribution in [0.15, 0.2) is 94.9 Å². The molecule has 0 N–H and O–H groups in total. The molecule has 0 amide bonds. The molecule has 4 aliphatic heterocycles. The Kier molecular flexibility index (Phi) is 14.9. The van der Waals surface area contributed by atoms with Gasteiger partial charge in [0.05, 0.1) is 56.7 Å². The summed E-state index contributed by atoms with van der Waals surface area (Å²) in [5.41, 5.74) is 1.59. The van der Waals surface area contributed by atoms with Gasteiger partial charge in [-0.05, 0) is 105 Å². The van der Waals surface area contributed by atoms with Gasteiger partial charge in [-0.25, -0.2) is 0 Å². The van der Waals surface area contributed by atoms with Gasteiger partial charge >= 0.3 is 23.9 Å². The summed E-state index contributed by atoms with van der Waals surface area (Å²) in [4.78, 5) is 66.0. The Hall–Kier alpha value is -6.84. The molecular formula is C60H70N4O11. The van der Waals surface area contributed by atoms with Crippen molar-refractivity contribution < 1.29 is 52.3 Å². The van der Waals surface area contributed by atoms with Crippen LogP contribution in [-0.2, 0) is 38.8 Å². The Morgan fingerprint density at radius 1 is 0.600 bits per heavy atom. The van der Waals surface area contributed by atoms with E-state index in [-0.39, 0.29) is 44.3 Å². The third kappa shape index (κ3) is 10.6. The number of carbonyl (C=O) groups is 4. The van der Waals surface area contributed by atoms with Crippen molar-refractivity contribution in [3.05, 3.63) is 90.5 Å². The maximum Gasteiger partial charge on any atom is 0.311 e. The summed E-state index contributed by atoms with van der Waals surface area (Å²) >= 11 is 0. The van der Waals surface area contributed by atoms with Crippen molar-refractivity contribution in [2.45, 2.75) is 130 Å². The van der Waals surface area contributed by atoms with E-state index in [1.54, 1.807) is 38.1 Å². The number of benzene rings is 5. The number of fused-ring (bicyclic) bond motifs is 7. The van der Waals surface area contributed by atoms with E-state index in [1.165, 1.54) is 5.56 Å². The first-order chi connectivity index (χ1) is 35.7. The SMILES string of the molecule is CC(C)CN1CCC(C)(C)C12C=Nc1c(ccc3ccc(OC(=O)CCC(=O)OC(C)COCC(C)OC(=O)CCC(=O)Oc4ccc5ccc6c(c5c4)N=CC4(O6)N(CC(C)C)c5ccccc5C4(C)C)cc13)O2. The summed E-state index contributed by atoms with van der Waals surface area (Å²) in [5, 5.41) is 3.38. The van der Waals surface area contributed by atoms with Gasteiger partial charge in [-0.1, -0.05) is 84.0 Å². The standard InChI is InChI=1S/C60H70N4O11/c1-37(2)31-63-28-27-57(7,8)59(63)35-61-55-45-29-43(19-15-41(45)17-21-49(55)74-59)72-53(67)25-23-51(65)70-39(5)33-69-34-40(6)71-52(66)24-26-54(68)73-44-20-16-42-18-22-50-56(46(42)30-44)62-36-60(75-50)58(9,10)47-13-11-12-14-48(47)64(60)32-38(3)4/h11-22,29-30,35-40H,23-28,31-34H2,1-10H3. The van der Waals surface area contributed by atoms with Crippen molar-refractivity contribution in [2.75, 3.05) is 37.7 Å². The average molecular weight is 1020 g/mol. The number of para-hydroxylation sites is 1. The van der Waals surface area contributed by atoms with Crippen LogP contribution in [-0.4, -0.2) is 97.7 Å². The van der Waals surface area contributed by atoms with Crippen LogP contribution in [0, 0.1) is 17.3 Å². The Bertz CT molecular complexity index is 3070. The fraction of sp³-hybridized carbons (Fsp3) is 0.467. The van der Waals surface area contributed by atoms with Crippen molar-refractivity contribution in [2.24, 2.45) is 27.2 Å². The molecule has 0 saturated carbocycles. The van der Waals surface area contributed by atoms with Crippen molar-refractivity contribution in [1.29, 1.82) is 0 Å². The van der Waals surface area contributed by atoms with Gasteiger partial charge in [0.1, 0.15) is 46.6 Å². The summed E-state index contributed by atoms with van der Waals surface area (Å²) < 4.78 is 41.8. The minimum atomic E-state index is -0.845. The number of carbonyl (C=O) groups excluding carboxylic acids is 4. The second kappa shape index (κ2) is 21.1. The summed E-state index contributed by atoms with van der Waals surface area (Å²) in [6, 6.07) is 27.0. The second-order valence-corrected chi connectivity index (χ2v) is 22.4. The van der Waals surface area contributed by atoms with E-state index >= 15 is 0 Å². The number of ether oxygens (including phenoxy) is 7. The molecular weight excluding hydrogens is 953 g/mol. The monoisotopic (exact) mass is 1020 g/mol. The third-order valence-electron chi connectivity index (χ3n) is 14.8. The van der Waals surface area contributed by atoms with Crippen LogP contribution >= 0.6 is 0 Å². The summed E-state index contributed by atoms with van der Waals surface area (Å²) in [5.74, 6) is 0.443. The molecule has 396 valence electrons. The smallest absolute Gasteiger partial charge is 0.311 e. The fourth-order valence-electron chi connectivity index (χ4n) is 10.9. The van der Waals surface area contributed by atoms with Crippen LogP contribution in [0.4, 0.5) is 17.1 Å². The molecule has 15 heteroatoms. The average Bonchev–Trinajstić information content (AvgIpc) is 3.75. The molecule has 4 atom stereocenters. The lowest BCUT2D eigenvalue weighted by atomic mass is 9.77. The van der Waals surface area contributed by atoms with Gasteiger partial charge in [0, 0.05) is 41.5 Å². The lowest BCUT2D eigenvalue weighted by molar-refractivity contribution is -0.156. The van der Waals surface area contributed by atoms with Crippen molar-refractivity contribution in [1.82, 2.24) is 4.90 Å². The predicted octanol–water partition coefficient (Wildman–Crippen LogP) is 11.4. The zero-order valence-corrected chi connectivity index (χ0v) is 44.9. The highest BCUT2D eigenvalue weighted by Crippen LogP contribution is 2.56. The van der Waals surface area contributed by atoms with Crippen molar-refractivity contribution >= 4 is 74.9 Å². The van der Waals surface area contributed by atoms with Gasteiger partial charge < -0.3 is 38.1 Å². The van der Waals surface area contributed by atoms with E-state index in [2.05, 4.69) is 89.5 Å². The minimum absolute atomic E-state index is 0.0289. The van der Waals surface area contributed by atoms with E-state index in [4.69, 9.17) is 43.1 Å². The van der Waals surface area contributed by atoms with Gasteiger partial charge in [0.15, 0.2) is 0 Å². The molecule has 9 rings (SSSR count). The zero-order valence-electron chi connectivity index (χ0n) is 44.9. The number of nitrogens with zero attached hydrogens (tertiary/aromatic N) is 4. The van der Waals surface area contributed by atoms with Crippen LogP contribution in [0.1, 0.15) is 107 Å². The summed E-state index contributed by atoms with van der Waals surface area (Å²) in [7, 11) is 0. The molecule has 4 heterocycles. The molecule has 0 radical (unpaired) electrons. The lowest BCUT2D eigenvalue weighted by Gasteiger charge is -2.46. The van der Waals surface area contributed by atoms with Gasteiger partial charge in [-0.15, -0.1) is 0 Å². The normalized spacial score (nSPS) is 20.7. The molecule has 2 spiro atoms. The van der Waals surface area contributed by atoms with Crippen LogP contribution in [0.2, 0.25) is 0 Å². The van der Waals surface area contributed by atoms with E-state index in [0.29, 0.717) is 46.2 Å². The first kappa shape index (κ1) is 53.0. The molecule has 1 saturated heterocycles. The van der Waals surface area contributed by atoms with Gasteiger partial charge in [0.25, 0.3) is 0 Å². The van der Waals surface area contributed by atoms with Crippen molar-refractivity contribution in [3.8, 4) is 23.0 Å². The second-order valence-electron chi connectivity index (χ2n) is 22.4. The van der Waals surface area contributed by atoms with E-state index in [1.807, 2.05) is 48.8 Å². The molecule has 0 aromatic heterocycles. The first-order valence-electron chi connectivity index (χ1n) is 26.3. The van der Waals surface area contributed by atoms with Crippen molar-refractivity contribution in [3.63, 3.8) is 0 Å². The first-order valence-corrected chi connectivity index (χ1v) is 26.3. The maximum absolute atomic E-state index is 13.0. The molecule has 4 unspecified atom stereocenters. The lowest BCUT2D eigenvalue weighted by Crippen LogP contribution is -2.62. The maximum atomic E-state index is 13.0. The molecule has 5 aromatic carbocycles. The largest absolute Gasteiger partial charge is 0.464 e. The Morgan fingerprint density at radius 2 is 1.08 bits per heavy atom. The zero-order chi connectivity index (χ0) is 53.5. The summed E-state index contributed by atoms with van der Waals surface area (Å²) in [6.07, 6.45) is 2.79. The molecule has 5 aromatic rings. The number of hydrogen-bond donors (Lipinski definition) is 0. The minimum Gasteiger partial charge on any atom is -0.464 e. The van der Waals surface area contributed by atoms with E-state index in [0.717, 1.165) is 53.3 Å². The predicted molar refractivity (Wildman–Crippen MR) is 289 cm³/mol. The van der Waals surface area contributed by atoms with Crippen LogP contribution in [0.25, 0.3) is 21.5 Å². The van der Waals surface area contributed by atoms with E-state index in [9.17, 15) is 19.2 Å². The highest BCUT2D eigenvalue weighted by atomic mass is 16.6. The quantitative estimate of drug-likeness (QED) is 0.0602. The van der Waals surface area contributed by atoms with Gasteiger partial charge in [-0.2, -0.15) is 0 Å². The van der Waals surface area contributed by atoms with Crippen LogP contribution in [0.3, 0.4) is 0 Å². The number of hydrogen-bond acceptors (Lipinski definition) is 15. The molecule has 0 aliphatic carbocycles. The molecule has 0 bridgehead atoms. The number of aliphatic imine (C=N–C) groups is 2. The molecule has 15 nitrogen and oxygen atoms in total. The molecule has 75 heavy (non-hydrogen) atoms. The fourth-order valence-corrected chi connectivity index (χ4v) is 10.9. The molecule has 1 fully saturated rings. The number of esters is 4. The number of anilines is 1. The Labute approximate surface area is 439 Å². The highest BCUT2D eigenvalue weighted by Gasteiger charge is 2.60. The van der Waals surface area contributed by atoms with Gasteiger partial charge in [-0.3, -0.25) is 34.1 Å². The summed E-state index contributed by atoms with van der Waals surface area (Å²) in [6.45, 7) is 23.6. The topological polar surface area (TPSA) is 164 Å².